The minimum Gasteiger partial charge on any atom is -0.477 e. The minimum absolute atomic E-state index is 0.279. The fourth-order valence-electron chi connectivity index (χ4n) is 1.57. The van der Waals surface area contributed by atoms with E-state index < -0.39 is 0 Å². The zero-order valence-corrected chi connectivity index (χ0v) is 12.7. The summed E-state index contributed by atoms with van der Waals surface area (Å²) in [4.78, 5) is 9.05. The molecule has 19 heavy (non-hydrogen) atoms. The molecule has 0 unspecified atom stereocenters. The van der Waals surface area contributed by atoms with Crippen LogP contribution in [0.15, 0.2) is 12.2 Å². The molecule has 0 aliphatic rings. The molecule has 1 aromatic heterocycles. The maximum absolute atomic E-state index is 5.77. The summed E-state index contributed by atoms with van der Waals surface area (Å²) in [6.45, 7) is 15.5. The fraction of sp³-hybridized carbons (Fsp3) is 0.600. The Hall–Kier alpha value is -1.58. The average Bonchev–Trinajstić information content (AvgIpc) is 2.33. The van der Waals surface area contributed by atoms with Crippen LogP contribution in [0.3, 0.4) is 0 Å². The highest BCUT2D eigenvalue weighted by molar-refractivity contribution is 5.48. The second-order valence-electron chi connectivity index (χ2n) is 5.10. The van der Waals surface area contributed by atoms with E-state index in [4.69, 9.17) is 4.74 Å². The monoisotopic (exact) mass is 263 g/mol. The van der Waals surface area contributed by atoms with Gasteiger partial charge in [-0.2, -0.15) is 4.98 Å². The zero-order valence-electron chi connectivity index (χ0n) is 12.7. The van der Waals surface area contributed by atoms with Gasteiger partial charge in [-0.05, 0) is 20.8 Å². The molecule has 1 aromatic rings. The van der Waals surface area contributed by atoms with Crippen molar-refractivity contribution in [2.75, 3.05) is 18.5 Å². The van der Waals surface area contributed by atoms with Crippen LogP contribution in [0.1, 0.15) is 51.4 Å². The van der Waals surface area contributed by atoms with Crippen molar-refractivity contribution in [3.05, 3.63) is 23.5 Å². The van der Waals surface area contributed by atoms with Gasteiger partial charge in [0.15, 0.2) is 0 Å². The van der Waals surface area contributed by atoms with Gasteiger partial charge in [0, 0.05) is 18.9 Å². The highest BCUT2D eigenvalue weighted by Gasteiger charge is 2.13. The molecule has 0 aliphatic heterocycles. The van der Waals surface area contributed by atoms with Gasteiger partial charge in [0.05, 0.1) is 12.2 Å². The summed E-state index contributed by atoms with van der Waals surface area (Å²) >= 11 is 0. The van der Waals surface area contributed by atoms with E-state index in [0.717, 1.165) is 35.7 Å². The summed E-state index contributed by atoms with van der Waals surface area (Å²) in [5.74, 6) is 2.63. The standard InChI is InChI=1S/C15H25N3O/c1-7-16-14-12(6)15(19-9-8-10(2)3)18-13(17-14)11(4)5/h11H,2,7-9H2,1,3-6H3,(H,16,17,18). The quantitative estimate of drug-likeness (QED) is 0.762. The van der Waals surface area contributed by atoms with Crippen LogP contribution >= 0.6 is 0 Å². The van der Waals surface area contributed by atoms with Crippen LogP contribution in [0.25, 0.3) is 0 Å². The first-order chi connectivity index (χ1) is 8.95. The smallest absolute Gasteiger partial charge is 0.221 e. The number of nitrogens with zero attached hydrogens (tertiary/aromatic N) is 2. The summed E-state index contributed by atoms with van der Waals surface area (Å²) in [7, 11) is 0. The van der Waals surface area contributed by atoms with Gasteiger partial charge in [-0.3, -0.25) is 0 Å². The van der Waals surface area contributed by atoms with Gasteiger partial charge in [0.2, 0.25) is 5.88 Å². The molecule has 1 N–H and O–H groups in total. The van der Waals surface area contributed by atoms with Crippen molar-refractivity contribution in [1.29, 1.82) is 0 Å². The van der Waals surface area contributed by atoms with Crippen LogP contribution in [0.5, 0.6) is 5.88 Å². The molecule has 0 saturated carbocycles. The summed E-state index contributed by atoms with van der Waals surface area (Å²) in [6, 6.07) is 0. The topological polar surface area (TPSA) is 47.0 Å². The Morgan fingerprint density at radius 3 is 2.58 bits per heavy atom. The van der Waals surface area contributed by atoms with Crippen LogP contribution in [0.4, 0.5) is 5.82 Å². The summed E-state index contributed by atoms with van der Waals surface area (Å²) in [6.07, 6.45) is 0.844. The number of hydrogen-bond acceptors (Lipinski definition) is 4. The molecule has 0 atom stereocenters. The largest absolute Gasteiger partial charge is 0.477 e. The van der Waals surface area contributed by atoms with Gasteiger partial charge in [-0.25, -0.2) is 4.98 Å². The Labute approximate surface area is 116 Å². The number of hydrogen-bond donors (Lipinski definition) is 1. The van der Waals surface area contributed by atoms with E-state index in [1.165, 1.54) is 0 Å². The predicted molar refractivity (Wildman–Crippen MR) is 79.9 cm³/mol. The van der Waals surface area contributed by atoms with E-state index in [-0.39, 0.29) is 5.92 Å². The maximum atomic E-state index is 5.77. The lowest BCUT2D eigenvalue weighted by molar-refractivity contribution is 0.305. The molecule has 0 spiro atoms. The summed E-state index contributed by atoms with van der Waals surface area (Å²) in [5.41, 5.74) is 2.08. The highest BCUT2D eigenvalue weighted by atomic mass is 16.5. The molecular weight excluding hydrogens is 238 g/mol. The molecule has 0 aliphatic carbocycles. The average molecular weight is 263 g/mol. The SMILES string of the molecule is C=C(C)CCOc1nc(C(C)C)nc(NCC)c1C. The Bertz CT molecular complexity index is 441. The molecule has 0 amide bonds. The fourth-order valence-corrected chi connectivity index (χ4v) is 1.57. The first kappa shape index (κ1) is 15.5. The number of ether oxygens (including phenoxy) is 1. The number of aromatic nitrogens is 2. The van der Waals surface area contributed by atoms with Gasteiger partial charge in [0.1, 0.15) is 11.6 Å². The van der Waals surface area contributed by atoms with E-state index >= 15 is 0 Å². The van der Waals surface area contributed by atoms with Crippen molar-refractivity contribution < 1.29 is 4.74 Å². The third-order valence-electron chi connectivity index (χ3n) is 2.75. The first-order valence-electron chi connectivity index (χ1n) is 6.85. The summed E-state index contributed by atoms with van der Waals surface area (Å²) < 4.78 is 5.77. The lowest BCUT2D eigenvalue weighted by Gasteiger charge is -2.15. The predicted octanol–water partition coefficient (Wildman–Crippen LogP) is 3.69. The Kier molecular flexibility index (Phi) is 5.80. The van der Waals surface area contributed by atoms with Crippen molar-refractivity contribution in [3.8, 4) is 5.88 Å². The van der Waals surface area contributed by atoms with Gasteiger partial charge >= 0.3 is 0 Å². The second-order valence-corrected chi connectivity index (χ2v) is 5.10. The van der Waals surface area contributed by atoms with Crippen molar-refractivity contribution >= 4 is 5.82 Å². The van der Waals surface area contributed by atoms with Crippen molar-refractivity contribution in [2.45, 2.75) is 47.0 Å². The molecule has 0 radical (unpaired) electrons. The van der Waals surface area contributed by atoms with Crippen molar-refractivity contribution in [2.24, 2.45) is 0 Å². The van der Waals surface area contributed by atoms with Crippen LogP contribution in [-0.2, 0) is 0 Å². The van der Waals surface area contributed by atoms with Crippen molar-refractivity contribution in [1.82, 2.24) is 9.97 Å². The molecular formula is C15H25N3O. The lowest BCUT2D eigenvalue weighted by atomic mass is 10.2. The minimum atomic E-state index is 0.279. The summed E-state index contributed by atoms with van der Waals surface area (Å²) in [5, 5.41) is 3.26. The third-order valence-corrected chi connectivity index (χ3v) is 2.75. The van der Waals surface area contributed by atoms with Gasteiger partial charge < -0.3 is 10.1 Å². The molecule has 106 valence electrons. The Morgan fingerprint density at radius 1 is 1.37 bits per heavy atom. The van der Waals surface area contributed by atoms with E-state index in [2.05, 4.69) is 42.6 Å². The Morgan fingerprint density at radius 2 is 2.05 bits per heavy atom. The van der Waals surface area contributed by atoms with Gasteiger partial charge in [-0.1, -0.05) is 19.4 Å². The number of anilines is 1. The molecule has 4 heteroatoms. The first-order valence-corrected chi connectivity index (χ1v) is 6.85. The normalized spacial score (nSPS) is 10.6. The number of rotatable bonds is 7. The van der Waals surface area contributed by atoms with Crippen molar-refractivity contribution in [3.63, 3.8) is 0 Å². The highest BCUT2D eigenvalue weighted by Crippen LogP contribution is 2.25. The molecule has 0 fully saturated rings. The van der Waals surface area contributed by atoms with E-state index in [0.29, 0.717) is 12.5 Å². The van der Waals surface area contributed by atoms with Crippen LogP contribution < -0.4 is 10.1 Å². The van der Waals surface area contributed by atoms with E-state index in [1.54, 1.807) is 0 Å². The maximum Gasteiger partial charge on any atom is 0.221 e. The van der Waals surface area contributed by atoms with Gasteiger partial charge in [-0.15, -0.1) is 6.58 Å². The molecule has 0 bridgehead atoms. The molecule has 1 heterocycles. The molecule has 1 rings (SSSR count). The zero-order chi connectivity index (χ0) is 14.4. The number of nitrogens with one attached hydrogen (secondary N) is 1. The van der Waals surface area contributed by atoms with E-state index in [9.17, 15) is 0 Å². The third kappa shape index (κ3) is 4.54. The molecule has 4 nitrogen and oxygen atoms in total. The van der Waals surface area contributed by atoms with Crippen LogP contribution in [-0.4, -0.2) is 23.1 Å². The Balaban J connectivity index is 2.96. The second kappa shape index (κ2) is 7.12. The van der Waals surface area contributed by atoms with Crippen LogP contribution in [0, 0.1) is 6.92 Å². The van der Waals surface area contributed by atoms with E-state index in [1.807, 2.05) is 13.8 Å². The molecule has 0 saturated heterocycles. The lowest BCUT2D eigenvalue weighted by Crippen LogP contribution is -2.10. The van der Waals surface area contributed by atoms with Gasteiger partial charge in [0.25, 0.3) is 0 Å². The molecule has 0 aromatic carbocycles. The van der Waals surface area contributed by atoms with Crippen LogP contribution in [0.2, 0.25) is 0 Å².